The molecule has 3 aromatic rings. The molecule has 0 spiro atoms. The van der Waals surface area contributed by atoms with Gasteiger partial charge in [0, 0.05) is 11.6 Å². The summed E-state index contributed by atoms with van der Waals surface area (Å²) in [6.07, 6.45) is 0. The Morgan fingerprint density at radius 3 is 2.44 bits per heavy atom. The number of fused-ring (bicyclic) bond motifs is 1. The van der Waals surface area contributed by atoms with E-state index in [-0.39, 0.29) is 11.5 Å². The smallest absolute Gasteiger partial charge is 0.217 e. The summed E-state index contributed by atoms with van der Waals surface area (Å²) in [5.74, 6) is -0.186. The zero-order valence-electron chi connectivity index (χ0n) is 9.37. The van der Waals surface area contributed by atoms with Crippen molar-refractivity contribution >= 4 is 26.8 Å². The van der Waals surface area contributed by atoms with E-state index in [0.717, 1.165) is 0 Å². The molecule has 0 fully saturated rings. The van der Waals surface area contributed by atoms with Crippen LogP contribution in [0.15, 0.2) is 54.6 Å². The molecule has 1 unspecified atom stereocenters. The molecule has 1 atom stereocenters. The molecule has 0 radical (unpaired) electrons. The van der Waals surface area contributed by atoms with Crippen LogP contribution in [0.5, 0.6) is 0 Å². The monoisotopic (exact) mass is 255 g/mol. The van der Waals surface area contributed by atoms with Crippen molar-refractivity contribution in [2.24, 2.45) is 0 Å². The Labute approximate surface area is 107 Å². The molecule has 0 aliphatic rings. The maximum atomic E-state index is 12.3. The number of nitrogens with zero attached hydrogens (tertiary/aromatic N) is 1. The average molecular weight is 255 g/mol. The highest BCUT2D eigenvalue weighted by atomic mass is 32.2. The fourth-order valence-electron chi connectivity index (χ4n) is 1.89. The number of benzene rings is 2. The Hall–Kier alpha value is -2.04. The van der Waals surface area contributed by atoms with E-state index in [4.69, 9.17) is 0 Å². The van der Waals surface area contributed by atoms with E-state index in [1.54, 1.807) is 42.5 Å². The highest BCUT2D eigenvalue weighted by molar-refractivity contribution is 7.26. The summed E-state index contributed by atoms with van der Waals surface area (Å²) >= 11 is 0. The lowest BCUT2D eigenvalue weighted by molar-refractivity contribution is 0.103. The fraction of sp³-hybridized carbons (Fsp3) is 0. The Kier molecular flexibility index (Phi) is 2.66. The normalized spacial score (nSPS) is 11.7. The van der Waals surface area contributed by atoms with Crippen LogP contribution in [-0.2, 0) is 0 Å². The van der Waals surface area contributed by atoms with Crippen LogP contribution < -0.4 is 0 Å². The third-order valence-electron chi connectivity index (χ3n) is 2.76. The second kappa shape index (κ2) is 4.33. The number of hydrogen-bond acceptors (Lipinski definition) is 3. The van der Waals surface area contributed by atoms with Gasteiger partial charge < -0.3 is 4.55 Å². The van der Waals surface area contributed by atoms with Crippen LogP contribution >= 0.6 is 10.9 Å². The first-order chi connectivity index (χ1) is 8.77. The summed E-state index contributed by atoms with van der Waals surface area (Å²) in [6.45, 7) is 0. The average Bonchev–Trinajstić information content (AvgIpc) is 2.77. The van der Waals surface area contributed by atoms with E-state index in [9.17, 15) is 9.35 Å². The van der Waals surface area contributed by atoms with Crippen LogP contribution in [0.1, 0.15) is 16.1 Å². The van der Waals surface area contributed by atoms with Gasteiger partial charge in [-0.15, -0.1) is 0 Å². The van der Waals surface area contributed by atoms with Gasteiger partial charge in [-0.25, -0.2) is 0 Å². The number of aromatic nitrogens is 1. The quantitative estimate of drug-likeness (QED) is 0.522. The predicted octanol–water partition coefficient (Wildman–Crippen LogP) is 3.19. The highest BCUT2D eigenvalue weighted by Gasteiger charge is 2.21. The molecule has 3 nitrogen and oxygen atoms in total. The second-order valence-corrected chi connectivity index (χ2v) is 5.00. The number of carbonyl (C=O) groups is 1. The van der Waals surface area contributed by atoms with E-state index in [0.29, 0.717) is 15.6 Å². The van der Waals surface area contributed by atoms with E-state index in [2.05, 4.69) is 4.37 Å². The molecular formula is C14H9NO2S. The molecule has 0 aliphatic heterocycles. The van der Waals surface area contributed by atoms with Crippen LogP contribution in [-0.4, -0.2) is 14.7 Å². The summed E-state index contributed by atoms with van der Waals surface area (Å²) in [5, 5.41) is 0.671. The number of hydrogen-bond donors (Lipinski definition) is 0. The van der Waals surface area contributed by atoms with E-state index >= 15 is 0 Å². The molecule has 1 heterocycles. The van der Waals surface area contributed by atoms with Gasteiger partial charge in [0.05, 0.1) is 16.3 Å². The molecule has 0 aliphatic carbocycles. The number of rotatable bonds is 2. The van der Waals surface area contributed by atoms with E-state index in [1.165, 1.54) is 0 Å². The van der Waals surface area contributed by atoms with Crippen molar-refractivity contribution in [2.45, 2.75) is 0 Å². The molecule has 2 aromatic carbocycles. The summed E-state index contributed by atoms with van der Waals surface area (Å²) in [5.41, 5.74) is 0.847. The minimum absolute atomic E-state index is 0.186. The van der Waals surface area contributed by atoms with Crippen molar-refractivity contribution in [3.63, 3.8) is 0 Å². The molecule has 3 rings (SSSR count). The Balaban J connectivity index is 2.19. The topological polar surface area (TPSA) is 53.0 Å². The largest absolute Gasteiger partial charge is 0.568 e. The lowest BCUT2D eigenvalue weighted by Crippen LogP contribution is -2.01. The third kappa shape index (κ3) is 1.72. The third-order valence-corrected chi connectivity index (χ3v) is 3.84. The Morgan fingerprint density at radius 2 is 1.67 bits per heavy atom. The maximum absolute atomic E-state index is 12.3. The van der Waals surface area contributed by atoms with Gasteiger partial charge >= 0.3 is 0 Å². The van der Waals surface area contributed by atoms with E-state index < -0.39 is 10.9 Å². The van der Waals surface area contributed by atoms with Crippen LogP contribution in [0.4, 0.5) is 0 Å². The summed E-state index contributed by atoms with van der Waals surface area (Å²) in [6, 6.07) is 16.0. The van der Waals surface area contributed by atoms with Crippen LogP contribution in [0.3, 0.4) is 0 Å². The van der Waals surface area contributed by atoms with Crippen molar-refractivity contribution in [1.82, 2.24) is 4.37 Å². The Bertz CT molecular complexity index is 719. The first kappa shape index (κ1) is 11.1. The standard InChI is InChI=1S/C14H9NO2S/c16-14(10-6-2-1-3-7-10)13-11-8-4-5-9-12(11)18(17)15-13/h1-9H. The van der Waals surface area contributed by atoms with Crippen molar-refractivity contribution in [2.75, 3.05) is 0 Å². The first-order valence-corrected chi connectivity index (χ1v) is 6.58. The van der Waals surface area contributed by atoms with Crippen LogP contribution in [0.2, 0.25) is 0 Å². The zero-order valence-corrected chi connectivity index (χ0v) is 10.2. The zero-order chi connectivity index (χ0) is 12.5. The molecule has 0 saturated carbocycles. The van der Waals surface area contributed by atoms with Gasteiger partial charge in [0.2, 0.25) is 10.5 Å². The van der Waals surface area contributed by atoms with Crippen LogP contribution in [0.25, 0.3) is 10.1 Å². The van der Waals surface area contributed by atoms with Gasteiger partial charge in [0.1, 0.15) is 0 Å². The van der Waals surface area contributed by atoms with Gasteiger partial charge in [-0.2, -0.15) is 0 Å². The van der Waals surface area contributed by atoms with Crippen molar-refractivity contribution < 1.29 is 9.35 Å². The summed E-state index contributed by atoms with van der Waals surface area (Å²) < 4.78 is 16.4. The molecule has 88 valence electrons. The van der Waals surface area contributed by atoms with Gasteiger partial charge in [0.15, 0.2) is 5.69 Å². The lowest BCUT2D eigenvalue weighted by Gasteiger charge is -1.95. The van der Waals surface area contributed by atoms with Crippen molar-refractivity contribution in [3.05, 3.63) is 65.9 Å². The van der Waals surface area contributed by atoms with Gasteiger partial charge in [-0.1, -0.05) is 42.5 Å². The lowest BCUT2D eigenvalue weighted by atomic mass is 10.1. The number of carbonyl (C=O) groups excluding carboxylic acids is 1. The van der Waals surface area contributed by atoms with Gasteiger partial charge in [-0.05, 0) is 10.4 Å². The highest BCUT2D eigenvalue weighted by Crippen LogP contribution is 2.29. The SMILES string of the molecule is O=C(c1ccccc1)c1n[s+]([O-])c2ccccc12. The Morgan fingerprint density at radius 1 is 1.00 bits per heavy atom. The molecule has 18 heavy (non-hydrogen) atoms. The minimum atomic E-state index is -1.46. The molecule has 0 N–H and O–H groups in total. The van der Waals surface area contributed by atoms with Crippen molar-refractivity contribution in [1.29, 1.82) is 0 Å². The summed E-state index contributed by atoms with van der Waals surface area (Å²) in [4.78, 5) is 12.3. The fourth-order valence-corrected chi connectivity index (χ4v) is 2.88. The maximum Gasteiger partial charge on any atom is 0.217 e. The molecule has 4 heteroatoms. The molecule has 0 saturated heterocycles. The molecule has 0 bridgehead atoms. The van der Waals surface area contributed by atoms with E-state index in [1.807, 2.05) is 12.1 Å². The predicted molar refractivity (Wildman–Crippen MR) is 70.3 cm³/mol. The molecule has 1 aromatic heterocycles. The van der Waals surface area contributed by atoms with Gasteiger partial charge in [-0.3, -0.25) is 4.79 Å². The minimum Gasteiger partial charge on any atom is -0.568 e. The first-order valence-electron chi connectivity index (χ1n) is 5.47. The van der Waals surface area contributed by atoms with Crippen LogP contribution in [0, 0.1) is 0 Å². The second-order valence-electron chi connectivity index (χ2n) is 3.88. The molecule has 0 amide bonds. The van der Waals surface area contributed by atoms with Gasteiger partial charge in [0.25, 0.3) is 0 Å². The van der Waals surface area contributed by atoms with Crippen molar-refractivity contribution in [3.8, 4) is 0 Å². The number of ketones is 1. The molecular weight excluding hydrogens is 246 g/mol. The summed E-state index contributed by atoms with van der Waals surface area (Å²) in [7, 11) is -1.46.